The molecule has 0 saturated heterocycles. The van der Waals surface area contributed by atoms with Gasteiger partial charge >= 0.3 is 0 Å². The van der Waals surface area contributed by atoms with E-state index < -0.39 is 6.10 Å². The third-order valence-electron chi connectivity index (χ3n) is 1.59. The molecule has 0 aliphatic heterocycles. The second kappa shape index (κ2) is 3.29. The van der Waals surface area contributed by atoms with Crippen molar-refractivity contribution in [1.82, 2.24) is 0 Å². The van der Waals surface area contributed by atoms with E-state index >= 15 is 0 Å². The molecular formula is C9H15NO2. The zero-order chi connectivity index (χ0) is 9.19. The highest BCUT2D eigenvalue weighted by Gasteiger charge is 2.19. The van der Waals surface area contributed by atoms with E-state index in [9.17, 15) is 5.11 Å². The number of hydrogen-bond donors (Lipinski definition) is 2. The van der Waals surface area contributed by atoms with Crippen molar-refractivity contribution in [1.29, 1.82) is 0 Å². The molecule has 1 aromatic heterocycles. The lowest BCUT2D eigenvalue weighted by atomic mass is 9.97. The smallest absolute Gasteiger partial charge is 0.132 e. The molecule has 0 fully saturated rings. The first kappa shape index (κ1) is 9.29. The predicted octanol–water partition coefficient (Wildman–Crippen LogP) is 1.44. The number of nitrogens with two attached hydrogens (primary N) is 1. The molecular weight excluding hydrogens is 154 g/mol. The average Bonchev–Trinajstić information content (AvgIpc) is 2.32. The largest absolute Gasteiger partial charge is 0.467 e. The quantitative estimate of drug-likeness (QED) is 0.719. The van der Waals surface area contributed by atoms with Crippen LogP contribution in [0.5, 0.6) is 0 Å². The number of aliphatic hydroxyl groups is 1. The second-order valence-electron chi connectivity index (χ2n) is 3.72. The minimum absolute atomic E-state index is 0.369. The van der Waals surface area contributed by atoms with Crippen LogP contribution in [0.25, 0.3) is 0 Å². The maximum Gasteiger partial charge on any atom is 0.132 e. The van der Waals surface area contributed by atoms with E-state index in [-0.39, 0.29) is 5.54 Å². The Kier molecular flexibility index (Phi) is 2.55. The van der Waals surface area contributed by atoms with Gasteiger partial charge in [0, 0.05) is 5.54 Å². The van der Waals surface area contributed by atoms with Crippen LogP contribution < -0.4 is 5.73 Å². The van der Waals surface area contributed by atoms with Crippen molar-refractivity contribution < 1.29 is 9.52 Å². The fourth-order valence-electron chi connectivity index (χ4n) is 1.08. The third kappa shape index (κ3) is 2.68. The molecule has 3 N–H and O–H groups in total. The van der Waals surface area contributed by atoms with Crippen LogP contribution in [0.3, 0.4) is 0 Å². The molecule has 0 spiro atoms. The van der Waals surface area contributed by atoms with Crippen LogP contribution in [0.1, 0.15) is 32.1 Å². The number of rotatable bonds is 3. The van der Waals surface area contributed by atoms with Gasteiger partial charge in [-0.1, -0.05) is 0 Å². The van der Waals surface area contributed by atoms with Crippen LogP contribution in [-0.4, -0.2) is 10.6 Å². The van der Waals surface area contributed by atoms with Crippen LogP contribution in [-0.2, 0) is 0 Å². The van der Waals surface area contributed by atoms with Crippen LogP contribution in [0.2, 0.25) is 0 Å². The Labute approximate surface area is 72.2 Å². The van der Waals surface area contributed by atoms with Gasteiger partial charge in [-0.2, -0.15) is 0 Å². The number of aliphatic hydroxyl groups excluding tert-OH is 1. The number of hydrogen-bond acceptors (Lipinski definition) is 3. The summed E-state index contributed by atoms with van der Waals surface area (Å²) in [6.07, 6.45) is 1.45. The maximum atomic E-state index is 9.57. The van der Waals surface area contributed by atoms with Gasteiger partial charge in [0.25, 0.3) is 0 Å². The molecule has 3 heteroatoms. The van der Waals surface area contributed by atoms with Crippen molar-refractivity contribution in [2.24, 2.45) is 5.73 Å². The van der Waals surface area contributed by atoms with Gasteiger partial charge in [-0.15, -0.1) is 0 Å². The lowest BCUT2D eigenvalue weighted by molar-refractivity contribution is 0.118. The SMILES string of the molecule is CC(C)(N)CC(O)c1ccco1. The van der Waals surface area contributed by atoms with Crippen molar-refractivity contribution >= 4 is 0 Å². The Morgan fingerprint density at radius 2 is 2.33 bits per heavy atom. The van der Waals surface area contributed by atoms with Crippen molar-refractivity contribution in [3.8, 4) is 0 Å². The summed E-state index contributed by atoms with van der Waals surface area (Å²) in [6, 6.07) is 3.50. The van der Waals surface area contributed by atoms with E-state index in [0.29, 0.717) is 12.2 Å². The fraction of sp³-hybridized carbons (Fsp3) is 0.556. The number of furan rings is 1. The lowest BCUT2D eigenvalue weighted by Gasteiger charge is -2.20. The van der Waals surface area contributed by atoms with Crippen molar-refractivity contribution in [2.45, 2.75) is 31.9 Å². The Hall–Kier alpha value is -0.800. The normalized spacial score (nSPS) is 14.7. The van der Waals surface area contributed by atoms with E-state index in [1.807, 2.05) is 13.8 Å². The van der Waals surface area contributed by atoms with Crippen molar-refractivity contribution in [3.63, 3.8) is 0 Å². The monoisotopic (exact) mass is 169 g/mol. The van der Waals surface area contributed by atoms with Crippen molar-refractivity contribution in [2.75, 3.05) is 0 Å². The molecule has 0 bridgehead atoms. The lowest BCUT2D eigenvalue weighted by Crippen LogP contribution is -2.33. The molecule has 1 atom stereocenters. The second-order valence-corrected chi connectivity index (χ2v) is 3.72. The molecule has 0 aromatic carbocycles. The molecule has 1 rings (SSSR count). The minimum atomic E-state index is -0.597. The van der Waals surface area contributed by atoms with E-state index in [4.69, 9.17) is 10.2 Å². The first-order valence-electron chi connectivity index (χ1n) is 3.99. The van der Waals surface area contributed by atoms with Gasteiger partial charge in [-0.05, 0) is 32.4 Å². The van der Waals surface area contributed by atoms with Gasteiger partial charge < -0.3 is 15.3 Å². The van der Waals surface area contributed by atoms with E-state index in [0.717, 1.165) is 0 Å². The summed E-state index contributed by atoms with van der Waals surface area (Å²) in [7, 11) is 0. The standard InChI is InChI=1S/C9H15NO2/c1-9(2,10)6-7(11)8-4-3-5-12-8/h3-5,7,11H,6,10H2,1-2H3. The zero-order valence-electron chi connectivity index (χ0n) is 7.45. The molecule has 1 aromatic rings. The molecule has 3 nitrogen and oxygen atoms in total. The molecule has 0 saturated carbocycles. The highest BCUT2D eigenvalue weighted by Crippen LogP contribution is 2.21. The third-order valence-corrected chi connectivity index (χ3v) is 1.59. The average molecular weight is 169 g/mol. The maximum absolute atomic E-state index is 9.57. The molecule has 1 unspecified atom stereocenters. The molecule has 1 heterocycles. The summed E-state index contributed by atoms with van der Waals surface area (Å²) in [6.45, 7) is 3.75. The van der Waals surface area contributed by atoms with Crippen molar-refractivity contribution in [3.05, 3.63) is 24.2 Å². The summed E-state index contributed by atoms with van der Waals surface area (Å²) in [5.41, 5.74) is 5.37. The molecule has 0 aliphatic rings. The Bertz CT molecular complexity index is 223. The highest BCUT2D eigenvalue weighted by atomic mass is 16.4. The Morgan fingerprint density at radius 1 is 1.67 bits per heavy atom. The van der Waals surface area contributed by atoms with Crippen LogP contribution in [0, 0.1) is 0 Å². The van der Waals surface area contributed by atoms with Gasteiger partial charge in [-0.25, -0.2) is 0 Å². The molecule has 68 valence electrons. The van der Waals surface area contributed by atoms with Crippen LogP contribution in [0.15, 0.2) is 22.8 Å². The van der Waals surface area contributed by atoms with E-state index in [1.54, 1.807) is 18.4 Å². The molecule has 0 radical (unpaired) electrons. The van der Waals surface area contributed by atoms with Gasteiger partial charge in [0.05, 0.1) is 6.26 Å². The van der Waals surface area contributed by atoms with E-state index in [1.165, 1.54) is 0 Å². The zero-order valence-corrected chi connectivity index (χ0v) is 7.45. The molecule has 0 amide bonds. The summed E-state index contributed by atoms with van der Waals surface area (Å²) in [5.74, 6) is 0.577. The van der Waals surface area contributed by atoms with Gasteiger partial charge in [0.1, 0.15) is 11.9 Å². The predicted molar refractivity (Wildman–Crippen MR) is 46.6 cm³/mol. The Balaban J connectivity index is 2.56. The first-order chi connectivity index (χ1) is 5.49. The van der Waals surface area contributed by atoms with Gasteiger partial charge in [0.2, 0.25) is 0 Å². The van der Waals surface area contributed by atoms with Crippen LogP contribution >= 0.6 is 0 Å². The first-order valence-corrected chi connectivity index (χ1v) is 3.99. The van der Waals surface area contributed by atoms with E-state index in [2.05, 4.69) is 0 Å². The summed E-state index contributed by atoms with van der Waals surface area (Å²) in [4.78, 5) is 0. The highest BCUT2D eigenvalue weighted by molar-refractivity contribution is 5.02. The summed E-state index contributed by atoms with van der Waals surface area (Å²) < 4.78 is 5.04. The minimum Gasteiger partial charge on any atom is -0.467 e. The van der Waals surface area contributed by atoms with Crippen LogP contribution in [0.4, 0.5) is 0 Å². The molecule has 12 heavy (non-hydrogen) atoms. The Morgan fingerprint density at radius 3 is 2.75 bits per heavy atom. The topological polar surface area (TPSA) is 59.4 Å². The van der Waals surface area contributed by atoms with Gasteiger partial charge in [0.15, 0.2) is 0 Å². The fourth-order valence-corrected chi connectivity index (χ4v) is 1.08. The molecule has 0 aliphatic carbocycles. The van der Waals surface area contributed by atoms with Gasteiger partial charge in [-0.3, -0.25) is 0 Å². The summed E-state index contributed by atoms with van der Waals surface area (Å²) >= 11 is 0. The summed E-state index contributed by atoms with van der Waals surface area (Å²) in [5, 5.41) is 9.57.